The van der Waals surface area contributed by atoms with E-state index in [9.17, 15) is 4.79 Å². The van der Waals surface area contributed by atoms with Crippen LogP contribution in [0.2, 0.25) is 0 Å². The first-order valence-electron chi connectivity index (χ1n) is 7.46. The van der Waals surface area contributed by atoms with Gasteiger partial charge in [0.15, 0.2) is 5.16 Å². The molecule has 0 saturated heterocycles. The molecule has 0 spiro atoms. The first-order chi connectivity index (χ1) is 9.67. The third-order valence-electron chi connectivity index (χ3n) is 3.99. The highest BCUT2D eigenvalue weighted by atomic mass is 79.9. The number of hydrogen-bond donors (Lipinski definition) is 1. The van der Waals surface area contributed by atoms with E-state index in [0.717, 1.165) is 34.8 Å². The first kappa shape index (κ1) is 16.1. The fraction of sp³-hybridized carbons (Fsp3) is 0.733. The maximum absolute atomic E-state index is 11.7. The second kappa shape index (κ2) is 7.64. The zero-order valence-electron chi connectivity index (χ0n) is 12.1. The van der Waals surface area contributed by atoms with Crippen molar-refractivity contribution in [3.05, 3.63) is 22.1 Å². The molecule has 1 heterocycles. The number of halogens is 1. The number of thioether (sulfide) groups is 1. The Morgan fingerprint density at radius 3 is 2.80 bits per heavy atom. The summed E-state index contributed by atoms with van der Waals surface area (Å²) in [6.45, 7) is 2.11. The van der Waals surface area contributed by atoms with Gasteiger partial charge >= 0.3 is 0 Å². The smallest absolute Gasteiger partial charge is 0.251 e. The van der Waals surface area contributed by atoms with Gasteiger partial charge in [0.25, 0.3) is 5.56 Å². The summed E-state index contributed by atoms with van der Waals surface area (Å²) >= 11 is 5.40. The number of aromatic nitrogens is 2. The van der Waals surface area contributed by atoms with Gasteiger partial charge in [-0.3, -0.25) is 4.79 Å². The lowest BCUT2D eigenvalue weighted by atomic mass is 9.77. The van der Waals surface area contributed by atoms with Gasteiger partial charge in [0.05, 0.1) is 0 Å². The maximum atomic E-state index is 11.7. The van der Waals surface area contributed by atoms with Crippen LogP contribution in [0.25, 0.3) is 0 Å². The average molecular weight is 359 g/mol. The summed E-state index contributed by atoms with van der Waals surface area (Å²) in [4.78, 5) is 19.1. The molecule has 2 rings (SSSR count). The lowest BCUT2D eigenvalue weighted by molar-refractivity contribution is 0.260. The third kappa shape index (κ3) is 4.35. The highest BCUT2D eigenvalue weighted by molar-refractivity contribution is 9.09. The van der Waals surface area contributed by atoms with E-state index in [1.165, 1.54) is 32.1 Å². The van der Waals surface area contributed by atoms with Crippen LogP contribution in [0.15, 0.2) is 16.0 Å². The van der Waals surface area contributed by atoms with E-state index in [4.69, 9.17) is 0 Å². The zero-order chi connectivity index (χ0) is 14.4. The van der Waals surface area contributed by atoms with E-state index in [1.807, 2.05) is 0 Å². The Morgan fingerprint density at radius 2 is 2.15 bits per heavy atom. The second-order valence-corrected chi connectivity index (χ2v) is 7.30. The van der Waals surface area contributed by atoms with Crippen molar-refractivity contribution in [1.82, 2.24) is 9.97 Å². The summed E-state index contributed by atoms with van der Waals surface area (Å²) in [5, 5.41) is 1.83. The van der Waals surface area contributed by atoms with Crippen LogP contribution in [-0.4, -0.2) is 21.1 Å². The average Bonchev–Trinajstić information content (AvgIpc) is 2.46. The minimum absolute atomic E-state index is 0.0255. The van der Waals surface area contributed by atoms with E-state index in [1.54, 1.807) is 17.8 Å². The van der Waals surface area contributed by atoms with Crippen molar-refractivity contribution >= 4 is 27.7 Å². The lowest BCUT2D eigenvalue weighted by Crippen LogP contribution is -2.28. The van der Waals surface area contributed by atoms with Gasteiger partial charge < -0.3 is 4.98 Å². The normalized spacial score (nSPS) is 18.1. The highest BCUT2D eigenvalue weighted by Crippen LogP contribution is 2.41. The summed E-state index contributed by atoms with van der Waals surface area (Å²) in [7, 11) is 0. The summed E-state index contributed by atoms with van der Waals surface area (Å²) in [5.41, 5.74) is 1.26. The molecule has 0 bridgehead atoms. The molecule has 1 saturated carbocycles. The van der Waals surface area contributed by atoms with E-state index in [0.29, 0.717) is 5.41 Å². The van der Waals surface area contributed by atoms with Gasteiger partial charge in [-0.2, -0.15) is 0 Å². The van der Waals surface area contributed by atoms with E-state index in [-0.39, 0.29) is 5.56 Å². The topological polar surface area (TPSA) is 45.8 Å². The molecule has 3 nitrogen and oxygen atoms in total. The van der Waals surface area contributed by atoms with Crippen LogP contribution in [0.3, 0.4) is 0 Å². The molecule has 0 atom stereocenters. The standard InChI is InChI=1S/C15H23BrN2OS/c1-2-6-12-9-13(19)18-14(17-12)20-11-15(10-16)7-4-3-5-8-15/h9H,2-8,10-11H2,1H3,(H,17,18,19). The van der Waals surface area contributed by atoms with E-state index >= 15 is 0 Å². The quantitative estimate of drug-likeness (QED) is 0.471. The van der Waals surface area contributed by atoms with Crippen molar-refractivity contribution in [3.8, 4) is 0 Å². The zero-order valence-corrected chi connectivity index (χ0v) is 14.5. The monoisotopic (exact) mass is 358 g/mol. The molecule has 112 valence electrons. The molecule has 0 aliphatic heterocycles. The van der Waals surface area contributed by atoms with Crippen LogP contribution >= 0.6 is 27.7 Å². The molecular formula is C15H23BrN2OS. The van der Waals surface area contributed by atoms with Crippen LogP contribution in [0, 0.1) is 5.41 Å². The van der Waals surface area contributed by atoms with Gasteiger partial charge in [0, 0.05) is 22.8 Å². The van der Waals surface area contributed by atoms with Gasteiger partial charge in [-0.25, -0.2) is 4.98 Å². The Morgan fingerprint density at radius 1 is 1.40 bits per heavy atom. The number of aromatic amines is 1. The predicted octanol–water partition coefficient (Wildman–Crippen LogP) is 4.16. The number of nitrogens with one attached hydrogen (secondary N) is 1. The SMILES string of the molecule is CCCc1cc(=O)[nH]c(SCC2(CBr)CCCCC2)n1. The van der Waals surface area contributed by atoms with Crippen molar-refractivity contribution in [3.63, 3.8) is 0 Å². The van der Waals surface area contributed by atoms with Crippen LogP contribution in [0.4, 0.5) is 0 Å². The second-order valence-electron chi connectivity index (χ2n) is 5.77. The summed E-state index contributed by atoms with van der Waals surface area (Å²) in [5.74, 6) is 1.04. The molecular weight excluding hydrogens is 336 g/mol. The Balaban J connectivity index is 2.03. The van der Waals surface area contributed by atoms with E-state index < -0.39 is 0 Å². The Bertz CT molecular complexity index is 483. The van der Waals surface area contributed by atoms with Gasteiger partial charge in [0.2, 0.25) is 0 Å². The molecule has 1 fully saturated rings. The van der Waals surface area contributed by atoms with Gasteiger partial charge in [-0.1, -0.05) is 60.3 Å². The lowest BCUT2D eigenvalue weighted by Gasteiger charge is -2.35. The molecule has 0 unspecified atom stereocenters. The molecule has 1 aromatic heterocycles. The van der Waals surface area contributed by atoms with Crippen molar-refractivity contribution in [2.24, 2.45) is 5.41 Å². The van der Waals surface area contributed by atoms with E-state index in [2.05, 4.69) is 32.8 Å². The number of alkyl halides is 1. The molecule has 0 amide bonds. The van der Waals surface area contributed by atoms with Crippen molar-refractivity contribution in [2.75, 3.05) is 11.1 Å². The Labute approximate surface area is 133 Å². The number of aryl methyl sites for hydroxylation is 1. The summed E-state index contributed by atoms with van der Waals surface area (Å²) in [6.07, 6.45) is 8.47. The van der Waals surface area contributed by atoms with Gasteiger partial charge in [-0.15, -0.1) is 0 Å². The summed E-state index contributed by atoms with van der Waals surface area (Å²) in [6, 6.07) is 1.62. The van der Waals surface area contributed by atoms with Gasteiger partial charge in [0.1, 0.15) is 0 Å². The minimum atomic E-state index is -0.0255. The first-order valence-corrected chi connectivity index (χ1v) is 9.57. The number of rotatable bonds is 6. The van der Waals surface area contributed by atoms with Crippen molar-refractivity contribution in [1.29, 1.82) is 0 Å². The molecule has 0 radical (unpaired) electrons. The number of nitrogens with zero attached hydrogens (tertiary/aromatic N) is 1. The molecule has 5 heteroatoms. The van der Waals surface area contributed by atoms with Gasteiger partial charge in [-0.05, 0) is 24.7 Å². The largest absolute Gasteiger partial charge is 0.301 e. The fourth-order valence-electron chi connectivity index (χ4n) is 2.78. The molecule has 0 aromatic carbocycles. The van der Waals surface area contributed by atoms with Crippen LogP contribution in [0.5, 0.6) is 0 Å². The summed E-state index contributed by atoms with van der Waals surface area (Å²) < 4.78 is 0. The number of H-pyrrole nitrogens is 1. The Kier molecular flexibility index (Phi) is 6.15. The van der Waals surface area contributed by atoms with Crippen LogP contribution < -0.4 is 5.56 Å². The van der Waals surface area contributed by atoms with Crippen molar-refractivity contribution < 1.29 is 0 Å². The Hall–Kier alpha value is -0.290. The molecule has 1 aliphatic carbocycles. The fourth-order valence-corrected chi connectivity index (χ4v) is 4.99. The molecule has 20 heavy (non-hydrogen) atoms. The molecule has 1 N–H and O–H groups in total. The van der Waals surface area contributed by atoms with Crippen LogP contribution in [0.1, 0.15) is 51.1 Å². The maximum Gasteiger partial charge on any atom is 0.251 e. The van der Waals surface area contributed by atoms with Crippen molar-refractivity contribution in [2.45, 2.75) is 57.0 Å². The molecule has 1 aromatic rings. The minimum Gasteiger partial charge on any atom is -0.301 e. The highest BCUT2D eigenvalue weighted by Gasteiger charge is 2.31. The number of hydrogen-bond acceptors (Lipinski definition) is 3. The predicted molar refractivity (Wildman–Crippen MR) is 88.9 cm³/mol. The third-order valence-corrected chi connectivity index (χ3v) is 6.40. The van der Waals surface area contributed by atoms with Crippen LogP contribution in [-0.2, 0) is 6.42 Å². The molecule has 1 aliphatic rings.